The van der Waals surface area contributed by atoms with E-state index in [2.05, 4.69) is 5.32 Å². The minimum absolute atomic E-state index is 0.0309. The van der Waals surface area contributed by atoms with Crippen LogP contribution >= 0.6 is 23.2 Å². The molecule has 0 aromatic heterocycles. The summed E-state index contributed by atoms with van der Waals surface area (Å²) in [6.07, 6.45) is 0. The van der Waals surface area contributed by atoms with E-state index < -0.39 is 0 Å². The van der Waals surface area contributed by atoms with E-state index >= 15 is 0 Å². The average molecular weight is 333 g/mol. The standard InChI is InChI=1S/C14H19Cl2N3O2/c1-9(19(4)8-13(20)18(2)3)14(21)17-12-6-5-10(15)7-11(12)16/h5-7,9H,8H2,1-4H3,(H,17,21)/p+1/t9-/m0/s1. The van der Waals surface area contributed by atoms with Gasteiger partial charge in [0.05, 0.1) is 17.8 Å². The Kier molecular flexibility index (Phi) is 6.45. The highest BCUT2D eigenvalue weighted by Gasteiger charge is 2.25. The molecular formula is C14H20Cl2N3O2+. The molecule has 1 rings (SSSR count). The molecule has 7 heteroatoms. The predicted molar refractivity (Wildman–Crippen MR) is 85.0 cm³/mol. The number of nitrogens with zero attached hydrogens (tertiary/aromatic N) is 1. The third-order valence-corrected chi connectivity index (χ3v) is 3.80. The number of rotatable bonds is 5. The molecule has 0 aliphatic carbocycles. The largest absolute Gasteiger partial charge is 0.344 e. The Labute approximate surface area is 134 Å². The van der Waals surface area contributed by atoms with Crippen LogP contribution in [0.2, 0.25) is 10.0 Å². The zero-order valence-electron chi connectivity index (χ0n) is 12.5. The zero-order chi connectivity index (χ0) is 16.2. The van der Waals surface area contributed by atoms with Crippen molar-refractivity contribution < 1.29 is 14.5 Å². The lowest BCUT2D eigenvalue weighted by molar-refractivity contribution is -0.886. The second-order valence-electron chi connectivity index (χ2n) is 5.15. The molecule has 2 amide bonds. The number of nitrogens with one attached hydrogen (secondary N) is 2. The van der Waals surface area contributed by atoms with E-state index in [1.807, 2.05) is 0 Å². The molecule has 0 aliphatic heterocycles. The number of amides is 2. The smallest absolute Gasteiger partial charge is 0.282 e. The Morgan fingerprint density at radius 2 is 1.95 bits per heavy atom. The van der Waals surface area contributed by atoms with Gasteiger partial charge in [-0.2, -0.15) is 0 Å². The lowest BCUT2D eigenvalue weighted by Crippen LogP contribution is -3.15. The fourth-order valence-electron chi connectivity index (χ4n) is 1.61. The van der Waals surface area contributed by atoms with Crippen molar-refractivity contribution in [3.05, 3.63) is 28.2 Å². The van der Waals surface area contributed by atoms with Gasteiger partial charge in [-0.1, -0.05) is 23.2 Å². The van der Waals surface area contributed by atoms with Crippen LogP contribution in [0.15, 0.2) is 18.2 Å². The molecule has 0 aliphatic rings. The van der Waals surface area contributed by atoms with Gasteiger partial charge in [0, 0.05) is 19.1 Å². The van der Waals surface area contributed by atoms with Crippen LogP contribution in [0.5, 0.6) is 0 Å². The number of anilines is 1. The maximum absolute atomic E-state index is 12.2. The Morgan fingerprint density at radius 3 is 2.48 bits per heavy atom. The minimum atomic E-state index is -0.388. The second-order valence-corrected chi connectivity index (χ2v) is 5.99. The maximum atomic E-state index is 12.2. The molecule has 1 aromatic carbocycles. The molecule has 0 saturated heterocycles. The number of carbonyl (C=O) groups excluding carboxylic acids is 2. The average Bonchev–Trinajstić information content (AvgIpc) is 2.40. The second kappa shape index (κ2) is 7.64. The van der Waals surface area contributed by atoms with Crippen molar-refractivity contribution in [2.45, 2.75) is 13.0 Å². The highest BCUT2D eigenvalue weighted by atomic mass is 35.5. The third kappa shape index (κ3) is 5.19. The minimum Gasteiger partial charge on any atom is -0.344 e. The highest BCUT2D eigenvalue weighted by Crippen LogP contribution is 2.25. The fourth-order valence-corrected chi connectivity index (χ4v) is 2.06. The van der Waals surface area contributed by atoms with E-state index in [9.17, 15) is 9.59 Å². The first-order chi connectivity index (χ1) is 9.72. The van der Waals surface area contributed by atoms with Crippen LogP contribution < -0.4 is 10.2 Å². The van der Waals surface area contributed by atoms with Crippen molar-refractivity contribution in [2.24, 2.45) is 0 Å². The number of hydrogen-bond donors (Lipinski definition) is 2. The number of hydrogen-bond acceptors (Lipinski definition) is 2. The van der Waals surface area contributed by atoms with Gasteiger partial charge in [-0.15, -0.1) is 0 Å². The fraction of sp³-hybridized carbons (Fsp3) is 0.429. The summed E-state index contributed by atoms with van der Waals surface area (Å²) in [6, 6.07) is 4.48. The zero-order valence-corrected chi connectivity index (χ0v) is 14.0. The summed E-state index contributed by atoms with van der Waals surface area (Å²) >= 11 is 11.8. The van der Waals surface area contributed by atoms with Gasteiger partial charge in [0.1, 0.15) is 0 Å². The lowest BCUT2D eigenvalue weighted by atomic mass is 10.2. The molecule has 21 heavy (non-hydrogen) atoms. The molecule has 1 aromatic rings. The molecular weight excluding hydrogens is 313 g/mol. The van der Waals surface area contributed by atoms with Gasteiger partial charge in [0.25, 0.3) is 11.8 Å². The SMILES string of the molecule is C[C@@H](C(=O)Nc1ccc(Cl)cc1Cl)[NH+](C)CC(=O)N(C)C. The van der Waals surface area contributed by atoms with Crippen molar-refractivity contribution in [1.29, 1.82) is 0 Å². The predicted octanol–water partition coefficient (Wildman–Crippen LogP) is 0.923. The van der Waals surface area contributed by atoms with Gasteiger partial charge >= 0.3 is 0 Å². The molecule has 2 atom stereocenters. The van der Waals surface area contributed by atoms with Gasteiger partial charge in [-0.05, 0) is 25.1 Å². The van der Waals surface area contributed by atoms with Crippen molar-refractivity contribution in [2.75, 3.05) is 33.0 Å². The van der Waals surface area contributed by atoms with Crippen molar-refractivity contribution in [1.82, 2.24) is 4.90 Å². The summed E-state index contributed by atoms with van der Waals surface area (Å²) in [5.41, 5.74) is 0.504. The molecule has 0 spiro atoms. The van der Waals surface area contributed by atoms with Gasteiger partial charge < -0.3 is 15.1 Å². The van der Waals surface area contributed by atoms with Gasteiger partial charge in [-0.3, -0.25) is 9.59 Å². The Morgan fingerprint density at radius 1 is 1.33 bits per heavy atom. The Bertz CT molecular complexity index is 535. The van der Waals surface area contributed by atoms with Crippen LogP contribution in [0.4, 0.5) is 5.69 Å². The van der Waals surface area contributed by atoms with E-state index in [4.69, 9.17) is 23.2 Å². The first-order valence-electron chi connectivity index (χ1n) is 6.50. The maximum Gasteiger partial charge on any atom is 0.282 e. The van der Waals surface area contributed by atoms with Crippen molar-refractivity contribution in [3.8, 4) is 0 Å². The van der Waals surface area contributed by atoms with Crippen LogP contribution in [0.1, 0.15) is 6.92 Å². The van der Waals surface area contributed by atoms with Gasteiger partial charge in [0.15, 0.2) is 12.6 Å². The lowest BCUT2D eigenvalue weighted by Gasteiger charge is -2.22. The Balaban J connectivity index is 2.68. The number of likely N-dealkylation sites (N-methyl/N-ethyl adjacent to an activating group) is 2. The van der Waals surface area contributed by atoms with Crippen LogP contribution in [-0.4, -0.2) is 50.4 Å². The molecule has 2 N–H and O–H groups in total. The van der Waals surface area contributed by atoms with Crippen molar-refractivity contribution >= 4 is 40.7 Å². The molecule has 0 saturated carbocycles. The first kappa shape index (κ1) is 17.8. The van der Waals surface area contributed by atoms with E-state index in [1.54, 1.807) is 46.3 Å². The molecule has 0 bridgehead atoms. The topological polar surface area (TPSA) is 53.9 Å². The molecule has 116 valence electrons. The van der Waals surface area contributed by atoms with Crippen LogP contribution in [-0.2, 0) is 9.59 Å². The number of carbonyl (C=O) groups is 2. The molecule has 5 nitrogen and oxygen atoms in total. The highest BCUT2D eigenvalue weighted by molar-refractivity contribution is 6.36. The molecule has 0 heterocycles. The summed E-state index contributed by atoms with van der Waals surface area (Å²) in [4.78, 5) is 26.2. The third-order valence-electron chi connectivity index (χ3n) is 3.25. The Hall–Kier alpha value is -1.30. The number of quaternary nitrogens is 1. The summed E-state index contributed by atoms with van der Waals surface area (Å²) < 4.78 is 0. The summed E-state index contributed by atoms with van der Waals surface area (Å²) in [5, 5.41) is 3.63. The van der Waals surface area contributed by atoms with E-state index in [1.165, 1.54) is 4.90 Å². The monoisotopic (exact) mass is 332 g/mol. The van der Waals surface area contributed by atoms with Crippen LogP contribution in [0, 0.1) is 0 Å². The van der Waals surface area contributed by atoms with Gasteiger partial charge in [-0.25, -0.2) is 0 Å². The van der Waals surface area contributed by atoms with E-state index in [0.717, 1.165) is 4.90 Å². The molecule has 0 fully saturated rings. The van der Waals surface area contributed by atoms with Crippen LogP contribution in [0.25, 0.3) is 0 Å². The normalized spacial score (nSPS) is 13.4. The van der Waals surface area contributed by atoms with Crippen molar-refractivity contribution in [3.63, 3.8) is 0 Å². The quantitative estimate of drug-likeness (QED) is 0.842. The van der Waals surface area contributed by atoms with Gasteiger partial charge in [0.2, 0.25) is 0 Å². The number of halogens is 2. The van der Waals surface area contributed by atoms with E-state index in [0.29, 0.717) is 15.7 Å². The first-order valence-corrected chi connectivity index (χ1v) is 7.26. The van der Waals surface area contributed by atoms with E-state index in [-0.39, 0.29) is 24.4 Å². The summed E-state index contributed by atoms with van der Waals surface area (Å²) in [5.74, 6) is -0.236. The molecule has 1 unspecified atom stereocenters. The number of benzene rings is 1. The summed E-state index contributed by atoms with van der Waals surface area (Å²) in [6.45, 7) is 2.01. The van der Waals surface area contributed by atoms with Crippen LogP contribution in [0.3, 0.4) is 0 Å². The summed E-state index contributed by atoms with van der Waals surface area (Å²) in [7, 11) is 5.18. The molecule has 0 radical (unpaired) electrons.